The molecule has 15 heavy (non-hydrogen) atoms. The fourth-order valence-electron chi connectivity index (χ4n) is 1.72. The first kappa shape index (κ1) is 13.0. The molecule has 1 aliphatic rings. The Balaban J connectivity index is 0.00000112. The second-order valence-corrected chi connectivity index (χ2v) is 5.12. The van der Waals surface area contributed by atoms with Crippen LogP contribution in [0, 0.1) is 0 Å². The van der Waals surface area contributed by atoms with Gasteiger partial charge in [0.1, 0.15) is 0 Å². The Labute approximate surface area is 103 Å². The molecule has 1 unspecified atom stereocenters. The Kier molecular flexibility index (Phi) is 4.59. The monoisotopic (exact) mass is 265 g/mol. The Morgan fingerprint density at radius 2 is 2.20 bits per heavy atom. The minimum Gasteiger partial charge on any atom is -0.312 e. The molecule has 1 heterocycles. The molecule has 0 saturated heterocycles. The van der Waals surface area contributed by atoms with E-state index in [4.69, 9.17) is 11.6 Å². The maximum Gasteiger partial charge on any atom is 0.0615 e. The van der Waals surface area contributed by atoms with Crippen molar-refractivity contribution in [1.29, 1.82) is 0 Å². The summed E-state index contributed by atoms with van der Waals surface area (Å²) in [6, 6.07) is 3.92. The maximum absolute atomic E-state index is 11.4. The zero-order valence-corrected chi connectivity index (χ0v) is 10.8. The van der Waals surface area contributed by atoms with Gasteiger partial charge in [-0.3, -0.25) is 4.21 Å². The molecular formula is C10H13Cl2NOS. The summed E-state index contributed by atoms with van der Waals surface area (Å²) in [5.41, 5.74) is 2.40. The van der Waals surface area contributed by atoms with Crippen LogP contribution in [-0.4, -0.2) is 17.0 Å². The molecule has 2 nitrogen and oxygen atoms in total. The van der Waals surface area contributed by atoms with E-state index in [1.807, 2.05) is 12.1 Å². The molecule has 2 rings (SSSR count). The van der Waals surface area contributed by atoms with Crippen LogP contribution in [0.1, 0.15) is 11.1 Å². The van der Waals surface area contributed by atoms with Crippen LogP contribution in [0.4, 0.5) is 0 Å². The van der Waals surface area contributed by atoms with Gasteiger partial charge in [-0.2, -0.15) is 0 Å². The van der Waals surface area contributed by atoms with Crippen molar-refractivity contribution in [1.82, 2.24) is 5.32 Å². The number of fused-ring (bicyclic) bond motifs is 1. The molecule has 0 saturated carbocycles. The normalized spacial score (nSPS) is 16.4. The van der Waals surface area contributed by atoms with Crippen molar-refractivity contribution in [3.63, 3.8) is 0 Å². The van der Waals surface area contributed by atoms with E-state index in [-0.39, 0.29) is 12.4 Å². The standard InChI is InChI=1S/C10H12ClNOS.ClH/c1-14(13)9-3-2-7-4-5-12-6-8(7)10(9)11;/h2-3,12H,4-6H2,1H3;1H. The van der Waals surface area contributed by atoms with Crippen molar-refractivity contribution in [2.24, 2.45) is 0 Å². The van der Waals surface area contributed by atoms with Gasteiger partial charge in [0, 0.05) is 12.8 Å². The Morgan fingerprint density at radius 1 is 1.47 bits per heavy atom. The molecule has 0 radical (unpaired) electrons. The van der Waals surface area contributed by atoms with Crippen LogP contribution in [0.3, 0.4) is 0 Å². The molecule has 0 bridgehead atoms. The van der Waals surface area contributed by atoms with E-state index in [0.717, 1.165) is 30.0 Å². The van der Waals surface area contributed by atoms with Crippen LogP contribution in [0.2, 0.25) is 5.02 Å². The van der Waals surface area contributed by atoms with Crippen molar-refractivity contribution < 1.29 is 4.21 Å². The van der Waals surface area contributed by atoms with E-state index >= 15 is 0 Å². The lowest BCUT2D eigenvalue weighted by Crippen LogP contribution is -2.24. The van der Waals surface area contributed by atoms with E-state index in [9.17, 15) is 4.21 Å². The van der Waals surface area contributed by atoms with Crippen molar-refractivity contribution >= 4 is 34.8 Å². The lowest BCUT2D eigenvalue weighted by Gasteiger charge is -2.19. The highest BCUT2D eigenvalue weighted by molar-refractivity contribution is 7.84. The van der Waals surface area contributed by atoms with E-state index in [1.54, 1.807) is 6.26 Å². The number of hydrogen-bond donors (Lipinski definition) is 1. The van der Waals surface area contributed by atoms with E-state index in [0.29, 0.717) is 5.02 Å². The van der Waals surface area contributed by atoms with Gasteiger partial charge in [-0.25, -0.2) is 0 Å². The molecule has 0 fully saturated rings. The van der Waals surface area contributed by atoms with Gasteiger partial charge in [0.25, 0.3) is 0 Å². The van der Waals surface area contributed by atoms with Gasteiger partial charge in [0.15, 0.2) is 0 Å². The molecule has 1 aromatic carbocycles. The molecule has 1 atom stereocenters. The van der Waals surface area contributed by atoms with Gasteiger partial charge in [-0.05, 0) is 30.2 Å². The first-order valence-corrected chi connectivity index (χ1v) is 6.48. The quantitative estimate of drug-likeness (QED) is 0.843. The summed E-state index contributed by atoms with van der Waals surface area (Å²) in [4.78, 5) is 0.745. The third-order valence-corrected chi connectivity index (χ3v) is 3.99. The van der Waals surface area contributed by atoms with Gasteiger partial charge in [0.2, 0.25) is 0 Å². The number of hydrogen-bond acceptors (Lipinski definition) is 2. The summed E-state index contributed by atoms with van der Waals surface area (Å²) in [6.45, 7) is 1.79. The highest BCUT2D eigenvalue weighted by atomic mass is 35.5. The number of halogens is 2. The predicted octanol–water partition coefficient (Wildman–Crippen LogP) is 2.14. The third kappa shape index (κ3) is 2.53. The van der Waals surface area contributed by atoms with Crippen LogP contribution >= 0.6 is 24.0 Å². The van der Waals surface area contributed by atoms with Gasteiger partial charge in [0.05, 0.1) is 20.7 Å². The second kappa shape index (κ2) is 5.30. The van der Waals surface area contributed by atoms with Gasteiger partial charge in [-0.15, -0.1) is 12.4 Å². The number of rotatable bonds is 1. The average molecular weight is 266 g/mol. The van der Waals surface area contributed by atoms with E-state index in [2.05, 4.69) is 5.32 Å². The van der Waals surface area contributed by atoms with E-state index in [1.165, 1.54) is 5.56 Å². The molecule has 84 valence electrons. The number of benzene rings is 1. The topological polar surface area (TPSA) is 29.1 Å². The number of nitrogens with one attached hydrogen (secondary N) is 1. The molecule has 0 amide bonds. The zero-order valence-electron chi connectivity index (χ0n) is 8.38. The zero-order chi connectivity index (χ0) is 10.1. The van der Waals surface area contributed by atoms with Gasteiger partial charge in [-0.1, -0.05) is 17.7 Å². The van der Waals surface area contributed by atoms with Crippen molar-refractivity contribution in [3.05, 3.63) is 28.3 Å². The second-order valence-electron chi connectivity index (χ2n) is 3.40. The third-order valence-electron chi connectivity index (χ3n) is 2.49. The lowest BCUT2D eigenvalue weighted by atomic mass is 10.0. The van der Waals surface area contributed by atoms with Crippen LogP contribution in [0.5, 0.6) is 0 Å². The molecule has 5 heteroatoms. The summed E-state index contributed by atoms with van der Waals surface area (Å²) in [7, 11) is -0.998. The molecule has 0 aromatic heterocycles. The minimum atomic E-state index is -0.998. The summed E-state index contributed by atoms with van der Waals surface area (Å²) in [5.74, 6) is 0. The fraction of sp³-hybridized carbons (Fsp3) is 0.400. The molecule has 0 spiro atoms. The highest BCUT2D eigenvalue weighted by Crippen LogP contribution is 2.28. The van der Waals surface area contributed by atoms with Gasteiger partial charge < -0.3 is 5.32 Å². The van der Waals surface area contributed by atoms with Crippen molar-refractivity contribution in [3.8, 4) is 0 Å². The van der Waals surface area contributed by atoms with Crippen LogP contribution < -0.4 is 5.32 Å². The SMILES string of the molecule is CS(=O)c1ccc2c(c1Cl)CNCC2.Cl. The fourth-order valence-corrected chi connectivity index (χ4v) is 2.94. The Bertz CT molecular complexity index is 395. The minimum absolute atomic E-state index is 0. The maximum atomic E-state index is 11.4. The largest absolute Gasteiger partial charge is 0.312 e. The molecule has 1 aliphatic heterocycles. The van der Waals surface area contributed by atoms with Crippen molar-refractivity contribution in [2.75, 3.05) is 12.8 Å². The molecule has 0 aliphatic carbocycles. The van der Waals surface area contributed by atoms with Crippen LogP contribution in [0.15, 0.2) is 17.0 Å². The Morgan fingerprint density at radius 3 is 2.87 bits per heavy atom. The summed E-state index contributed by atoms with van der Waals surface area (Å²) in [6.07, 6.45) is 2.66. The smallest absolute Gasteiger partial charge is 0.0615 e. The summed E-state index contributed by atoms with van der Waals surface area (Å²) in [5, 5.41) is 3.94. The lowest BCUT2D eigenvalue weighted by molar-refractivity contribution is 0.641. The van der Waals surface area contributed by atoms with Crippen molar-refractivity contribution in [2.45, 2.75) is 17.9 Å². The average Bonchev–Trinajstić information content (AvgIpc) is 2.18. The van der Waals surface area contributed by atoms with Gasteiger partial charge >= 0.3 is 0 Å². The Hall–Kier alpha value is -0.0900. The van der Waals surface area contributed by atoms with Crippen LogP contribution in [0.25, 0.3) is 0 Å². The van der Waals surface area contributed by atoms with Crippen LogP contribution in [-0.2, 0) is 23.8 Å². The van der Waals surface area contributed by atoms with E-state index < -0.39 is 10.8 Å². The summed E-state index contributed by atoms with van der Waals surface area (Å²) >= 11 is 6.19. The molecular weight excluding hydrogens is 253 g/mol. The first-order valence-electron chi connectivity index (χ1n) is 4.54. The first-order chi connectivity index (χ1) is 6.70. The molecule has 1 N–H and O–H groups in total. The summed E-state index contributed by atoms with van der Waals surface area (Å²) < 4.78 is 11.4. The predicted molar refractivity (Wildman–Crippen MR) is 66.4 cm³/mol. The highest BCUT2D eigenvalue weighted by Gasteiger charge is 2.15. The molecule has 1 aromatic rings.